The van der Waals surface area contributed by atoms with Crippen molar-refractivity contribution in [2.45, 2.75) is 30.6 Å². The minimum absolute atomic E-state index is 0.0738. The van der Waals surface area contributed by atoms with Gasteiger partial charge in [-0.2, -0.15) is 26.3 Å². The van der Waals surface area contributed by atoms with Crippen LogP contribution in [0.4, 0.5) is 37.7 Å². The monoisotopic (exact) mass is 710 g/mol. The van der Waals surface area contributed by atoms with Crippen molar-refractivity contribution >= 4 is 46.9 Å². The van der Waals surface area contributed by atoms with Crippen molar-refractivity contribution in [1.82, 2.24) is 19.9 Å². The summed E-state index contributed by atoms with van der Waals surface area (Å²) in [7, 11) is 0. The molecule has 0 saturated carbocycles. The first-order chi connectivity index (χ1) is 24.1. The van der Waals surface area contributed by atoms with E-state index in [4.69, 9.17) is 21.2 Å². The fourth-order valence-electron chi connectivity index (χ4n) is 5.22. The van der Waals surface area contributed by atoms with Crippen molar-refractivity contribution < 1.29 is 45.2 Å². The van der Waals surface area contributed by atoms with Gasteiger partial charge >= 0.3 is 17.8 Å². The van der Waals surface area contributed by atoms with Gasteiger partial charge in [0.05, 0.1) is 48.1 Å². The van der Waals surface area contributed by atoms with Crippen LogP contribution < -0.4 is 21.2 Å². The van der Waals surface area contributed by atoms with Crippen LogP contribution in [0.15, 0.2) is 84.9 Å². The Morgan fingerprint density at radius 3 is 1.31 bits per heavy atom. The molecule has 0 aliphatic rings. The van der Waals surface area contributed by atoms with Crippen LogP contribution >= 0.6 is 0 Å². The molecule has 51 heavy (non-hydrogen) atoms. The predicted molar refractivity (Wildman–Crippen MR) is 181 cm³/mol. The number of hydrazone groups is 2. The Hall–Kier alpha value is -6.06. The van der Waals surface area contributed by atoms with E-state index < -0.39 is 43.8 Å². The van der Waals surface area contributed by atoms with Gasteiger partial charge in [0.2, 0.25) is 11.4 Å². The number of rotatable bonds is 14. The minimum atomic E-state index is -5.67. The lowest BCUT2D eigenvalue weighted by molar-refractivity contribution is -0.442. The number of hydrogen-bond acceptors (Lipinski definition) is 6. The molecule has 0 aliphatic carbocycles. The number of fused-ring (bicyclic) bond motifs is 2. The number of hydrazine groups is 2. The number of halogens is 6. The summed E-state index contributed by atoms with van der Waals surface area (Å²) in [5, 5.41) is 0. The summed E-state index contributed by atoms with van der Waals surface area (Å²) in [6, 6.07) is 22.5. The summed E-state index contributed by atoms with van der Waals surface area (Å²) >= 11 is 0. The average molecular weight is 711 g/mol. The van der Waals surface area contributed by atoms with Gasteiger partial charge in [0, 0.05) is 35.4 Å². The molecule has 2 aromatic heterocycles. The predicted octanol–water partition coefficient (Wildman–Crippen LogP) is 7.35. The molecule has 0 saturated heterocycles. The third-order valence-corrected chi connectivity index (χ3v) is 8.14. The lowest BCUT2D eigenvalue weighted by Crippen LogP contribution is -2.55. The molecule has 6 N–H and O–H groups in total. The quantitative estimate of drug-likeness (QED) is 0.0307. The molecular formula is C35H32F6N8O2+2. The number of nitrogens with one attached hydrogen (secondary N) is 2. The molecule has 0 spiro atoms. The first-order valence-electron chi connectivity index (χ1n) is 15.4. The normalized spacial score (nSPS) is 12.4. The second-order valence-electron chi connectivity index (χ2n) is 11.7. The van der Waals surface area contributed by atoms with Gasteiger partial charge in [-0.3, -0.25) is 0 Å². The van der Waals surface area contributed by atoms with Crippen molar-refractivity contribution in [1.29, 1.82) is 0 Å². The molecule has 0 bridgehead atoms. The van der Waals surface area contributed by atoms with Crippen molar-refractivity contribution in [3.63, 3.8) is 0 Å². The topological polar surface area (TPSA) is 134 Å². The van der Waals surface area contributed by atoms with E-state index in [9.17, 15) is 26.3 Å². The number of imidazole rings is 2. The van der Waals surface area contributed by atoms with Crippen LogP contribution in [0.1, 0.15) is 12.8 Å². The van der Waals surface area contributed by atoms with Crippen molar-refractivity contribution in [3.8, 4) is 34.3 Å². The summed E-state index contributed by atoms with van der Waals surface area (Å²) < 4.78 is 100. The molecule has 6 rings (SSSR count). The number of aromatic nitrogens is 4. The average Bonchev–Trinajstić information content (AvgIpc) is 3.72. The van der Waals surface area contributed by atoms with E-state index in [1.807, 2.05) is 0 Å². The molecule has 16 heteroatoms. The second-order valence-corrected chi connectivity index (χ2v) is 11.7. The summed E-state index contributed by atoms with van der Waals surface area (Å²) in [6.07, 6.45) is -3.31. The highest BCUT2D eigenvalue weighted by atomic mass is 19.3. The lowest BCUT2D eigenvalue weighted by Gasteiger charge is -2.32. The van der Waals surface area contributed by atoms with Crippen LogP contribution in [0.2, 0.25) is 0 Å². The number of benzene rings is 4. The molecule has 4 aromatic carbocycles. The number of nitrogens with two attached hydrogens (primary N) is 2. The van der Waals surface area contributed by atoms with E-state index in [1.54, 1.807) is 60.7 Å². The van der Waals surface area contributed by atoms with Crippen molar-refractivity contribution in [3.05, 3.63) is 84.9 Å². The van der Waals surface area contributed by atoms with Gasteiger partial charge in [0.25, 0.3) is 0 Å². The molecule has 0 unspecified atom stereocenters. The van der Waals surface area contributed by atoms with Crippen LogP contribution in [0.3, 0.4) is 0 Å². The third-order valence-electron chi connectivity index (χ3n) is 8.14. The van der Waals surface area contributed by atoms with Gasteiger partial charge in [0.1, 0.15) is 23.1 Å². The van der Waals surface area contributed by atoms with Gasteiger partial charge in [-0.1, -0.05) is 9.37 Å². The standard InChI is InChI=1S/C35H32F6N8O2/c1-48(42)23-7-13-27-29(19-23)46-31(44-27)21-3-9-25(10-4-21)50-17-15-33(36,37)35(40,41)34(38,39)16-18-51-26-11-5-22(6-12-26)32-45-28-14-8-24(49(2)43)20-30(28)47-32/h3-14,19-20H,1-2,15-18,42-43H2,(H,44,46)(H,45,47)/q+2. The smallest absolute Gasteiger partial charge is 0.372 e. The maximum absolute atomic E-state index is 14.6. The molecule has 0 atom stereocenters. The Kier molecular flexibility index (Phi) is 9.10. The van der Waals surface area contributed by atoms with E-state index in [1.165, 1.54) is 33.6 Å². The molecule has 0 aliphatic heterocycles. The number of ether oxygens (including phenoxy) is 2. The maximum atomic E-state index is 14.6. The van der Waals surface area contributed by atoms with E-state index in [2.05, 4.69) is 33.4 Å². The van der Waals surface area contributed by atoms with Crippen LogP contribution in [0.25, 0.3) is 44.8 Å². The SMILES string of the molecule is C=[N+](N)c1ccc2nc(-c3ccc(OCCC(F)(F)C(F)(F)C(F)(F)CCOc4ccc(-c5nc6ccc([N+](=C)N)cc6[nH]5)cc4)cc3)[nH]c2c1. The Balaban J connectivity index is 1.00. The van der Waals surface area contributed by atoms with Crippen LogP contribution in [0, 0.1) is 0 Å². The number of hydrogen-bond donors (Lipinski definition) is 4. The van der Waals surface area contributed by atoms with Gasteiger partial charge < -0.3 is 19.4 Å². The molecule has 0 fully saturated rings. The van der Waals surface area contributed by atoms with Crippen LogP contribution in [-0.2, 0) is 0 Å². The summed E-state index contributed by atoms with van der Waals surface area (Å²) in [5.41, 5.74) is 5.23. The summed E-state index contributed by atoms with van der Waals surface area (Å²) in [5.74, 6) is -3.38. The first kappa shape index (κ1) is 34.8. The minimum Gasteiger partial charge on any atom is -0.493 e. The van der Waals surface area contributed by atoms with E-state index >= 15 is 0 Å². The van der Waals surface area contributed by atoms with E-state index in [0.29, 0.717) is 56.2 Å². The highest BCUT2D eigenvalue weighted by molar-refractivity contribution is 5.82. The van der Waals surface area contributed by atoms with Gasteiger partial charge in [-0.25, -0.2) is 21.7 Å². The van der Waals surface area contributed by atoms with Gasteiger partial charge in [-0.05, 0) is 60.7 Å². The van der Waals surface area contributed by atoms with Gasteiger partial charge in [-0.15, -0.1) is 0 Å². The Labute approximate surface area is 286 Å². The Morgan fingerprint density at radius 1 is 0.588 bits per heavy atom. The molecule has 6 aromatic rings. The zero-order valence-electron chi connectivity index (χ0n) is 26.9. The Bertz CT molecular complexity index is 2060. The molecule has 0 amide bonds. The van der Waals surface area contributed by atoms with Crippen LogP contribution in [-0.4, -0.2) is 73.7 Å². The molecule has 10 nitrogen and oxygen atoms in total. The van der Waals surface area contributed by atoms with Gasteiger partial charge in [0.15, 0.2) is 13.4 Å². The molecule has 264 valence electrons. The fraction of sp³-hybridized carbons (Fsp3) is 0.200. The number of aromatic amines is 2. The zero-order chi connectivity index (χ0) is 36.6. The van der Waals surface area contributed by atoms with Crippen molar-refractivity contribution in [2.24, 2.45) is 11.7 Å². The third kappa shape index (κ3) is 7.15. The summed E-state index contributed by atoms with van der Waals surface area (Å²) in [4.78, 5) is 15.2. The van der Waals surface area contributed by atoms with E-state index in [-0.39, 0.29) is 11.5 Å². The first-order valence-corrected chi connectivity index (χ1v) is 15.4. The molecule has 0 radical (unpaired) electrons. The Morgan fingerprint density at radius 2 is 0.961 bits per heavy atom. The fourth-order valence-corrected chi connectivity index (χ4v) is 5.22. The highest BCUT2D eigenvalue weighted by Crippen LogP contribution is 2.49. The summed E-state index contributed by atoms with van der Waals surface area (Å²) in [6.45, 7) is 5.36. The molecule has 2 heterocycles. The van der Waals surface area contributed by atoms with Crippen molar-refractivity contribution in [2.75, 3.05) is 13.2 Å². The largest absolute Gasteiger partial charge is 0.493 e. The number of nitrogens with zero attached hydrogens (tertiary/aromatic N) is 4. The van der Waals surface area contributed by atoms with Crippen LogP contribution in [0.5, 0.6) is 11.5 Å². The second kappa shape index (κ2) is 13.3. The maximum Gasteiger partial charge on any atom is 0.372 e. The highest BCUT2D eigenvalue weighted by Gasteiger charge is 2.70. The lowest BCUT2D eigenvalue weighted by atomic mass is 9.99. The zero-order valence-corrected chi connectivity index (χ0v) is 26.9. The molecular weight excluding hydrogens is 678 g/mol. The van der Waals surface area contributed by atoms with E-state index in [0.717, 1.165) is 0 Å². The number of H-pyrrole nitrogens is 2. The number of alkyl halides is 6.